The molecule has 0 saturated heterocycles. The first-order valence-electron chi connectivity index (χ1n) is 7.95. The van der Waals surface area contributed by atoms with Crippen molar-refractivity contribution in [2.75, 3.05) is 11.9 Å². The Kier molecular flexibility index (Phi) is 6.82. The molecule has 3 rings (SSSR count). The summed E-state index contributed by atoms with van der Waals surface area (Å²) in [4.78, 5) is 17.8. The lowest BCUT2D eigenvalue weighted by atomic mass is 10.0. The number of benzene rings is 1. The topological polar surface area (TPSA) is 51.2 Å². The second-order valence-electron chi connectivity index (χ2n) is 5.42. The van der Waals surface area contributed by atoms with E-state index in [1.165, 1.54) is 23.8 Å². The predicted octanol–water partition coefficient (Wildman–Crippen LogP) is 4.49. The van der Waals surface area contributed by atoms with Crippen LogP contribution in [0.3, 0.4) is 0 Å². The number of anilines is 1. The summed E-state index contributed by atoms with van der Waals surface area (Å²) in [5, 5.41) is 3.56. The fraction of sp³-hybridized carbons (Fsp3) is 0.333. The Morgan fingerprint density at radius 3 is 2.75 bits per heavy atom. The van der Waals surface area contributed by atoms with Gasteiger partial charge in [-0.2, -0.15) is 0 Å². The lowest BCUT2D eigenvalue weighted by Gasteiger charge is -2.06. The Balaban J connectivity index is 0.00000208. The largest absolute Gasteiger partial charge is 0.494 e. The molecule has 1 aliphatic carbocycles. The average molecular weight is 365 g/mol. The van der Waals surface area contributed by atoms with Crippen LogP contribution in [-0.4, -0.2) is 17.5 Å². The lowest BCUT2D eigenvalue weighted by Crippen LogP contribution is -2.07. The fourth-order valence-electron chi connectivity index (χ4n) is 2.57. The highest BCUT2D eigenvalue weighted by atomic mass is 35.5. The normalized spacial score (nSPS) is 13.2. The van der Waals surface area contributed by atoms with Crippen LogP contribution < -0.4 is 10.1 Å². The maximum Gasteiger partial charge on any atom is 0.250 e. The van der Waals surface area contributed by atoms with Crippen LogP contribution in [0.4, 0.5) is 5.13 Å². The number of carbonyl (C=O) groups excluding carboxylic acids is 1. The minimum Gasteiger partial charge on any atom is -0.494 e. The third-order valence-corrected chi connectivity index (χ3v) is 4.77. The summed E-state index contributed by atoms with van der Waals surface area (Å²) < 4.78 is 5.40. The van der Waals surface area contributed by atoms with Gasteiger partial charge in [0, 0.05) is 11.0 Å². The number of carbonyl (C=O) groups is 1. The first-order valence-corrected chi connectivity index (χ1v) is 8.77. The Morgan fingerprint density at radius 1 is 1.29 bits per heavy atom. The number of aromatic nitrogens is 1. The van der Waals surface area contributed by atoms with Crippen LogP contribution in [0.5, 0.6) is 5.75 Å². The molecular formula is C18H21ClN2O2S. The van der Waals surface area contributed by atoms with Gasteiger partial charge in [-0.1, -0.05) is 12.1 Å². The molecule has 0 atom stereocenters. The van der Waals surface area contributed by atoms with Gasteiger partial charge in [0.05, 0.1) is 12.3 Å². The minimum absolute atomic E-state index is 0. The van der Waals surface area contributed by atoms with Gasteiger partial charge < -0.3 is 4.74 Å². The van der Waals surface area contributed by atoms with Gasteiger partial charge in [0.15, 0.2) is 5.13 Å². The zero-order chi connectivity index (χ0) is 16.1. The van der Waals surface area contributed by atoms with Gasteiger partial charge >= 0.3 is 0 Å². The maximum atomic E-state index is 12.0. The molecule has 0 aliphatic heterocycles. The molecule has 6 heteroatoms. The molecule has 0 fully saturated rings. The average Bonchev–Trinajstić information content (AvgIpc) is 2.96. The number of ether oxygens (including phenoxy) is 1. The molecule has 24 heavy (non-hydrogen) atoms. The van der Waals surface area contributed by atoms with Crippen molar-refractivity contribution in [2.24, 2.45) is 0 Å². The molecule has 128 valence electrons. The van der Waals surface area contributed by atoms with Crippen LogP contribution in [0.2, 0.25) is 0 Å². The smallest absolute Gasteiger partial charge is 0.250 e. The molecular weight excluding hydrogens is 344 g/mol. The molecule has 1 aliphatic rings. The van der Waals surface area contributed by atoms with Gasteiger partial charge in [-0.05, 0) is 56.4 Å². The molecule has 0 unspecified atom stereocenters. The number of hydrogen-bond donors (Lipinski definition) is 1. The molecule has 0 spiro atoms. The van der Waals surface area contributed by atoms with Crippen LogP contribution in [0.1, 0.15) is 35.9 Å². The maximum absolute atomic E-state index is 12.0. The van der Waals surface area contributed by atoms with Gasteiger partial charge in [0.25, 0.3) is 0 Å². The van der Waals surface area contributed by atoms with E-state index >= 15 is 0 Å². The van der Waals surface area contributed by atoms with E-state index in [0.717, 1.165) is 29.8 Å². The van der Waals surface area contributed by atoms with Crippen molar-refractivity contribution in [3.05, 3.63) is 46.5 Å². The molecule has 0 saturated carbocycles. The van der Waals surface area contributed by atoms with Gasteiger partial charge in [0.2, 0.25) is 5.91 Å². The lowest BCUT2D eigenvalue weighted by molar-refractivity contribution is -0.111. The molecule has 0 bridgehead atoms. The summed E-state index contributed by atoms with van der Waals surface area (Å²) in [6.45, 7) is 2.60. The van der Waals surface area contributed by atoms with Gasteiger partial charge in [-0.3, -0.25) is 10.1 Å². The molecule has 1 aromatic carbocycles. The first-order chi connectivity index (χ1) is 11.2. The van der Waals surface area contributed by atoms with Gasteiger partial charge in [-0.15, -0.1) is 23.7 Å². The Bertz CT molecular complexity index is 687. The highest BCUT2D eigenvalue weighted by Gasteiger charge is 2.15. The van der Waals surface area contributed by atoms with Crippen LogP contribution in [0, 0.1) is 0 Å². The second kappa shape index (κ2) is 8.85. The quantitative estimate of drug-likeness (QED) is 0.795. The van der Waals surface area contributed by atoms with Crippen molar-refractivity contribution in [1.82, 2.24) is 4.98 Å². The molecule has 0 radical (unpaired) electrons. The number of fused-ring (bicyclic) bond motifs is 1. The van der Waals surface area contributed by atoms with Crippen LogP contribution in [-0.2, 0) is 17.6 Å². The molecule has 1 heterocycles. The van der Waals surface area contributed by atoms with Crippen LogP contribution in [0.15, 0.2) is 30.3 Å². The van der Waals surface area contributed by atoms with E-state index in [1.807, 2.05) is 31.2 Å². The Hall–Kier alpha value is -1.85. The third-order valence-electron chi connectivity index (χ3n) is 3.69. The molecule has 4 nitrogen and oxygen atoms in total. The highest BCUT2D eigenvalue weighted by Crippen LogP contribution is 2.29. The van der Waals surface area contributed by atoms with Crippen LogP contribution in [0.25, 0.3) is 6.08 Å². The summed E-state index contributed by atoms with van der Waals surface area (Å²) >= 11 is 1.60. The summed E-state index contributed by atoms with van der Waals surface area (Å²) in [6.07, 6.45) is 7.87. The first kappa shape index (κ1) is 18.5. The van der Waals surface area contributed by atoms with E-state index in [1.54, 1.807) is 17.4 Å². The van der Waals surface area contributed by atoms with Crippen molar-refractivity contribution < 1.29 is 9.53 Å². The molecule has 1 amide bonds. The van der Waals surface area contributed by atoms with Crippen molar-refractivity contribution in [3.8, 4) is 5.75 Å². The van der Waals surface area contributed by atoms with Crippen LogP contribution >= 0.6 is 23.7 Å². The number of rotatable bonds is 5. The number of amides is 1. The van der Waals surface area contributed by atoms with E-state index in [4.69, 9.17) is 4.74 Å². The summed E-state index contributed by atoms with van der Waals surface area (Å²) in [5.41, 5.74) is 2.12. The number of aryl methyl sites for hydroxylation is 2. The zero-order valence-electron chi connectivity index (χ0n) is 13.6. The van der Waals surface area contributed by atoms with Gasteiger partial charge in [0.1, 0.15) is 5.75 Å². The Labute approximate surface area is 152 Å². The fourth-order valence-corrected chi connectivity index (χ4v) is 3.62. The van der Waals surface area contributed by atoms with E-state index in [0.29, 0.717) is 11.7 Å². The SMILES string of the molecule is CCOc1ccc(/C=C/C(=O)Nc2nc3c(s2)CCCC3)cc1.Cl. The molecule has 2 aromatic rings. The predicted molar refractivity (Wildman–Crippen MR) is 101 cm³/mol. The second-order valence-corrected chi connectivity index (χ2v) is 6.50. The summed E-state index contributed by atoms with van der Waals surface area (Å²) in [5.74, 6) is 0.687. The number of thiazole rings is 1. The van der Waals surface area contributed by atoms with E-state index in [-0.39, 0.29) is 18.3 Å². The minimum atomic E-state index is -0.148. The number of nitrogens with zero attached hydrogens (tertiary/aromatic N) is 1. The Morgan fingerprint density at radius 2 is 2.04 bits per heavy atom. The standard InChI is InChI=1S/C18H20N2O2S.ClH/c1-2-22-14-10-7-13(8-11-14)9-12-17(21)20-18-19-15-5-3-4-6-16(15)23-18;/h7-12H,2-6H2,1H3,(H,19,20,21);1H/b12-9+;. The number of halogens is 1. The van der Waals surface area contributed by atoms with Crippen molar-refractivity contribution in [1.29, 1.82) is 0 Å². The zero-order valence-corrected chi connectivity index (χ0v) is 15.2. The van der Waals surface area contributed by atoms with Gasteiger partial charge in [-0.25, -0.2) is 4.98 Å². The summed E-state index contributed by atoms with van der Waals surface area (Å²) in [7, 11) is 0. The monoisotopic (exact) mass is 364 g/mol. The summed E-state index contributed by atoms with van der Waals surface area (Å²) in [6, 6.07) is 7.65. The van der Waals surface area contributed by atoms with Crippen molar-refractivity contribution in [3.63, 3.8) is 0 Å². The molecule has 1 N–H and O–H groups in total. The van der Waals surface area contributed by atoms with E-state index in [9.17, 15) is 4.79 Å². The third kappa shape index (κ3) is 4.82. The number of hydrogen-bond acceptors (Lipinski definition) is 4. The van der Waals surface area contributed by atoms with Crippen molar-refractivity contribution in [2.45, 2.75) is 32.6 Å². The number of nitrogens with one attached hydrogen (secondary N) is 1. The van der Waals surface area contributed by atoms with Crippen molar-refractivity contribution >= 4 is 40.9 Å². The highest BCUT2D eigenvalue weighted by molar-refractivity contribution is 7.15. The van der Waals surface area contributed by atoms with E-state index < -0.39 is 0 Å². The van der Waals surface area contributed by atoms with E-state index in [2.05, 4.69) is 10.3 Å². The molecule has 1 aromatic heterocycles.